The molecular weight excluding hydrogens is 92.1 g/mol. The van der Waals surface area contributed by atoms with Crippen LogP contribution in [0, 0.1) is 11.3 Å². The quantitative estimate of drug-likeness (QED) is 0.373. The molecule has 0 bridgehead atoms. The highest BCUT2D eigenvalue weighted by molar-refractivity contribution is 5.59. The second-order valence-electron chi connectivity index (χ2n) is 0.833. The standard InChI is InChI=1S/C4H6N2O/c1-7-6-4-2-3-5/h4H,2H2,1H3/b6-4+. The van der Waals surface area contributed by atoms with E-state index in [4.69, 9.17) is 5.26 Å². The maximum Gasteiger partial charge on any atom is 0.106 e. The van der Waals surface area contributed by atoms with Gasteiger partial charge in [0, 0.05) is 0 Å². The molecule has 38 valence electrons. The lowest BCUT2D eigenvalue weighted by atomic mass is 10.5. The van der Waals surface area contributed by atoms with Crippen LogP contribution in [0.1, 0.15) is 6.42 Å². The summed E-state index contributed by atoms with van der Waals surface area (Å²) in [7, 11) is 1.44. The zero-order valence-electron chi connectivity index (χ0n) is 4.09. The molecule has 0 aromatic heterocycles. The van der Waals surface area contributed by atoms with E-state index in [2.05, 4.69) is 9.99 Å². The molecule has 0 aliphatic rings. The molecule has 0 saturated carbocycles. The zero-order chi connectivity index (χ0) is 5.54. The highest BCUT2D eigenvalue weighted by atomic mass is 16.6. The van der Waals surface area contributed by atoms with Gasteiger partial charge in [-0.3, -0.25) is 0 Å². The van der Waals surface area contributed by atoms with Gasteiger partial charge >= 0.3 is 0 Å². The van der Waals surface area contributed by atoms with Gasteiger partial charge in [0.05, 0.1) is 18.7 Å². The van der Waals surface area contributed by atoms with Crippen LogP contribution in [0.15, 0.2) is 5.16 Å². The number of hydrogen-bond acceptors (Lipinski definition) is 3. The van der Waals surface area contributed by atoms with Crippen molar-refractivity contribution < 1.29 is 4.84 Å². The summed E-state index contributed by atoms with van der Waals surface area (Å²) in [5.41, 5.74) is 0. The first-order chi connectivity index (χ1) is 3.41. The minimum Gasteiger partial charge on any atom is -0.399 e. The van der Waals surface area contributed by atoms with Crippen molar-refractivity contribution in [1.29, 1.82) is 5.26 Å². The summed E-state index contributed by atoms with van der Waals surface area (Å²) in [6, 6.07) is 1.87. The summed E-state index contributed by atoms with van der Waals surface area (Å²) in [4.78, 5) is 4.26. The molecule has 0 rings (SSSR count). The van der Waals surface area contributed by atoms with E-state index in [1.165, 1.54) is 13.3 Å². The van der Waals surface area contributed by atoms with Gasteiger partial charge in [0.15, 0.2) is 0 Å². The maximum atomic E-state index is 7.90. The molecule has 0 N–H and O–H groups in total. The van der Waals surface area contributed by atoms with E-state index in [1.807, 2.05) is 6.07 Å². The molecule has 0 aliphatic heterocycles. The molecule has 0 unspecified atom stereocenters. The molecule has 0 radical (unpaired) electrons. The van der Waals surface area contributed by atoms with Gasteiger partial charge in [-0.25, -0.2) is 0 Å². The topological polar surface area (TPSA) is 45.4 Å². The Balaban J connectivity index is 2.97. The van der Waals surface area contributed by atoms with E-state index in [-0.39, 0.29) is 0 Å². The summed E-state index contributed by atoms with van der Waals surface area (Å²) in [6.07, 6.45) is 1.72. The van der Waals surface area contributed by atoms with Crippen molar-refractivity contribution in [2.75, 3.05) is 7.11 Å². The Morgan fingerprint density at radius 2 is 2.71 bits per heavy atom. The van der Waals surface area contributed by atoms with Crippen LogP contribution in [-0.2, 0) is 4.84 Å². The SMILES string of the molecule is CO/N=C/CC#N. The molecule has 0 heterocycles. The van der Waals surface area contributed by atoms with Gasteiger partial charge in [-0.1, -0.05) is 5.16 Å². The highest BCUT2D eigenvalue weighted by Crippen LogP contribution is 1.67. The van der Waals surface area contributed by atoms with Crippen LogP contribution in [-0.4, -0.2) is 13.3 Å². The van der Waals surface area contributed by atoms with Crippen molar-refractivity contribution in [3.63, 3.8) is 0 Å². The number of rotatable bonds is 2. The van der Waals surface area contributed by atoms with Gasteiger partial charge in [0.2, 0.25) is 0 Å². The molecule has 0 aliphatic carbocycles. The van der Waals surface area contributed by atoms with Crippen LogP contribution in [0.3, 0.4) is 0 Å². The van der Waals surface area contributed by atoms with Crippen molar-refractivity contribution in [2.24, 2.45) is 5.16 Å². The third-order valence-corrected chi connectivity index (χ3v) is 0.363. The first-order valence-electron chi connectivity index (χ1n) is 1.83. The predicted octanol–water partition coefficient (Wildman–Crippen LogP) is 0.532. The van der Waals surface area contributed by atoms with Crippen LogP contribution in [0.4, 0.5) is 0 Å². The molecule has 0 saturated heterocycles. The lowest BCUT2D eigenvalue weighted by molar-refractivity contribution is 0.215. The Hall–Kier alpha value is -1.04. The minimum atomic E-state index is 0.313. The molecule has 3 nitrogen and oxygen atoms in total. The Bertz CT molecular complexity index is 92.4. The summed E-state index contributed by atoms with van der Waals surface area (Å²) in [6.45, 7) is 0. The van der Waals surface area contributed by atoms with Gasteiger partial charge in [0.1, 0.15) is 7.11 Å². The average molecular weight is 98.1 g/mol. The number of oxime groups is 1. The molecule has 0 fully saturated rings. The Morgan fingerprint density at radius 1 is 2.00 bits per heavy atom. The number of nitrogens with zero attached hydrogens (tertiary/aromatic N) is 2. The summed E-state index contributed by atoms with van der Waals surface area (Å²) < 4.78 is 0. The lowest BCUT2D eigenvalue weighted by Gasteiger charge is -1.77. The molecule has 7 heavy (non-hydrogen) atoms. The molecule has 0 amide bonds. The van der Waals surface area contributed by atoms with Crippen molar-refractivity contribution >= 4 is 6.21 Å². The minimum absolute atomic E-state index is 0.313. The van der Waals surface area contributed by atoms with Crippen LogP contribution < -0.4 is 0 Å². The largest absolute Gasteiger partial charge is 0.399 e. The van der Waals surface area contributed by atoms with Gasteiger partial charge in [-0.2, -0.15) is 5.26 Å². The molecule has 0 atom stereocenters. The fourth-order valence-corrected chi connectivity index (χ4v) is 0.153. The van der Waals surface area contributed by atoms with E-state index in [1.54, 1.807) is 0 Å². The second-order valence-corrected chi connectivity index (χ2v) is 0.833. The van der Waals surface area contributed by atoms with Crippen molar-refractivity contribution in [3.05, 3.63) is 0 Å². The van der Waals surface area contributed by atoms with E-state index in [9.17, 15) is 0 Å². The monoisotopic (exact) mass is 98.0 g/mol. The number of hydrogen-bond donors (Lipinski definition) is 0. The summed E-state index contributed by atoms with van der Waals surface area (Å²) >= 11 is 0. The van der Waals surface area contributed by atoms with Gasteiger partial charge in [-0.15, -0.1) is 0 Å². The van der Waals surface area contributed by atoms with Crippen molar-refractivity contribution in [1.82, 2.24) is 0 Å². The first kappa shape index (κ1) is 5.96. The molecule has 0 aromatic rings. The van der Waals surface area contributed by atoms with Gasteiger partial charge in [-0.05, 0) is 0 Å². The first-order valence-corrected chi connectivity index (χ1v) is 1.83. The van der Waals surface area contributed by atoms with E-state index < -0.39 is 0 Å². The molecule has 0 aromatic carbocycles. The van der Waals surface area contributed by atoms with Crippen molar-refractivity contribution in [2.45, 2.75) is 6.42 Å². The van der Waals surface area contributed by atoms with Gasteiger partial charge < -0.3 is 4.84 Å². The Morgan fingerprint density at radius 3 is 3.14 bits per heavy atom. The second kappa shape index (κ2) is 4.96. The van der Waals surface area contributed by atoms with Crippen LogP contribution >= 0.6 is 0 Å². The van der Waals surface area contributed by atoms with Crippen LogP contribution in [0.25, 0.3) is 0 Å². The number of nitriles is 1. The lowest BCUT2D eigenvalue weighted by Crippen LogP contribution is -1.70. The Kier molecular flexibility index (Phi) is 4.22. The fraction of sp³-hybridized carbons (Fsp3) is 0.500. The highest BCUT2D eigenvalue weighted by Gasteiger charge is 1.67. The summed E-state index contributed by atoms with van der Waals surface area (Å²) in [5.74, 6) is 0. The molecule has 0 spiro atoms. The fourth-order valence-electron chi connectivity index (χ4n) is 0.153. The summed E-state index contributed by atoms with van der Waals surface area (Å²) in [5, 5.41) is 11.2. The smallest absolute Gasteiger partial charge is 0.106 e. The van der Waals surface area contributed by atoms with Crippen molar-refractivity contribution in [3.8, 4) is 6.07 Å². The van der Waals surface area contributed by atoms with Crippen LogP contribution in [0.5, 0.6) is 0 Å². The maximum absolute atomic E-state index is 7.90. The van der Waals surface area contributed by atoms with E-state index in [0.29, 0.717) is 6.42 Å². The predicted molar refractivity (Wildman–Crippen MR) is 25.7 cm³/mol. The van der Waals surface area contributed by atoms with Crippen LogP contribution in [0.2, 0.25) is 0 Å². The Labute approximate surface area is 42.2 Å². The van der Waals surface area contributed by atoms with E-state index in [0.717, 1.165) is 0 Å². The zero-order valence-corrected chi connectivity index (χ0v) is 4.09. The van der Waals surface area contributed by atoms with Gasteiger partial charge in [0.25, 0.3) is 0 Å². The third-order valence-electron chi connectivity index (χ3n) is 0.363. The third kappa shape index (κ3) is 4.96. The van der Waals surface area contributed by atoms with E-state index >= 15 is 0 Å². The molecular formula is C4H6N2O. The molecule has 3 heteroatoms. The average Bonchev–Trinajstić information content (AvgIpc) is 1.69. The normalized spacial score (nSPS) is 8.57.